The van der Waals surface area contributed by atoms with Crippen molar-refractivity contribution in [2.75, 3.05) is 23.7 Å². The second-order valence-corrected chi connectivity index (χ2v) is 9.66. The minimum atomic E-state index is 0.137. The Morgan fingerprint density at radius 2 is 1.81 bits per heavy atom. The number of anilines is 4. The molecule has 1 fully saturated rings. The van der Waals surface area contributed by atoms with E-state index in [-0.39, 0.29) is 5.78 Å². The van der Waals surface area contributed by atoms with Gasteiger partial charge in [0.2, 0.25) is 5.95 Å². The molecular formula is C25H27N9OS. The van der Waals surface area contributed by atoms with E-state index >= 15 is 0 Å². The zero-order chi connectivity index (χ0) is 24.7. The highest BCUT2D eigenvalue weighted by Crippen LogP contribution is 2.25. The summed E-state index contributed by atoms with van der Waals surface area (Å²) in [4.78, 5) is 39.8. The Labute approximate surface area is 213 Å². The van der Waals surface area contributed by atoms with Crippen molar-refractivity contribution in [1.82, 2.24) is 35.2 Å². The smallest absolute Gasteiger partial charge is 0.230 e. The zero-order valence-corrected chi connectivity index (χ0v) is 20.8. The van der Waals surface area contributed by atoms with E-state index in [0.29, 0.717) is 51.4 Å². The Hall–Kier alpha value is -3.83. The monoisotopic (exact) mass is 501 g/mol. The molecule has 0 saturated carbocycles. The van der Waals surface area contributed by atoms with Crippen LogP contribution in [0.15, 0.2) is 48.9 Å². The van der Waals surface area contributed by atoms with Crippen LogP contribution in [0.2, 0.25) is 0 Å². The minimum absolute atomic E-state index is 0.137. The SMILES string of the molecule is Cc1cccc(-c2nccc(Nc3ccnc(Nc4ncc(C(=O)CCC5CCNCC5)s4)n3)n2)n1. The standard InChI is InChI=1S/C25H27N9OS/c1-16-3-2-4-18(30-16)23-27-13-9-21(32-23)31-22-10-14-28-24(33-22)34-25-29-15-20(36-25)19(35)6-5-17-7-11-26-12-8-17/h2-4,9-10,13-15,17,26H,5-8,11-12H2,1H3,(H2,27,28,29,31,32,33,34). The Bertz CT molecular complexity index is 1340. The van der Waals surface area contributed by atoms with Crippen LogP contribution in [0.5, 0.6) is 0 Å². The van der Waals surface area contributed by atoms with Crippen LogP contribution in [0.4, 0.5) is 22.7 Å². The van der Waals surface area contributed by atoms with Crippen LogP contribution < -0.4 is 16.0 Å². The number of thiazole rings is 1. The summed E-state index contributed by atoms with van der Waals surface area (Å²) >= 11 is 1.32. The number of aromatic nitrogens is 6. The number of carbonyl (C=O) groups excluding carboxylic acids is 1. The van der Waals surface area contributed by atoms with Gasteiger partial charge in [0.25, 0.3) is 0 Å². The molecule has 1 aliphatic rings. The maximum absolute atomic E-state index is 12.6. The van der Waals surface area contributed by atoms with Gasteiger partial charge in [-0.3, -0.25) is 10.1 Å². The summed E-state index contributed by atoms with van der Waals surface area (Å²) in [7, 11) is 0. The Kier molecular flexibility index (Phi) is 7.48. The quantitative estimate of drug-likeness (QED) is 0.281. The number of carbonyl (C=O) groups is 1. The number of Topliss-reactive ketones (excluding diaryl/α,β-unsaturated/α-hetero) is 1. The Morgan fingerprint density at radius 1 is 1.00 bits per heavy atom. The number of hydrogen-bond acceptors (Lipinski definition) is 11. The van der Waals surface area contributed by atoms with Gasteiger partial charge in [0.15, 0.2) is 16.7 Å². The van der Waals surface area contributed by atoms with Crippen LogP contribution in [-0.4, -0.2) is 48.8 Å². The number of aryl methyl sites for hydroxylation is 1. The Balaban J connectivity index is 1.21. The molecule has 10 nitrogen and oxygen atoms in total. The van der Waals surface area contributed by atoms with Gasteiger partial charge in [0, 0.05) is 24.5 Å². The average molecular weight is 502 g/mol. The highest BCUT2D eigenvalue weighted by Gasteiger charge is 2.17. The molecule has 0 aromatic carbocycles. The van der Waals surface area contributed by atoms with Crippen molar-refractivity contribution in [3.63, 3.8) is 0 Å². The first-order valence-corrected chi connectivity index (χ1v) is 12.8. The molecule has 1 aliphatic heterocycles. The van der Waals surface area contributed by atoms with Crippen LogP contribution in [0.1, 0.15) is 41.0 Å². The molecule has 36 heavy (non-hydrogen) atoms. The van der Waals surface area contributed by atoms with Gasteiger partial charge in [-0.1, -0.05) is 17.4 Å². The summed E-state index contributed by atoms with van der Waals surface area (Å²) in [5.41, 5.74) is 1.60. The fraction of sp³-hybridized carbons (Fsp3) is 0.320. The molecule has 5 heterocycles. The lowest BCUT2D eigenvalue weighted by Crippen LogP contribution is -2.27. The lowest BCUT2D eigenvalue weighted by Gasteiger charge is -2.21. The van der Waals surface area contributed by atoms with E-state index in [1.54, 1.807) is 30.7 Å². The molecule has 4 aromatic heterocycles. The molecule has 1 saturated heterocycles. The molecule has 0 bridgehead atoms. The minimum Gasteiger partial charge on any atom is -0.325 e. The highest BCUT2D eigenvalue weighted by atomic mass is 32.1. The number of hydrogen-bond donors (Lipinski definition) is 3. The first kappa shape index (κ1) is 23.9. The molecule has 4 aromatic rings. The third-order valence-electron chi connectivity index (χ3n) is 5.92. The van der Waals surface area contributed by atoms with Crippen molar-refractivity contribution in [2.45, 2.75) is 32.6 Å². The maximum atomic E-state index is 12.6. The van der Waals surface area contributed by atoms with Gasteiger partial charge < -0.3 is 10.6 Å². The molecule has 0 amide bonds. The molecule has 3 N–H and O–H groups in total. The van der Waals surface area contributed by atoms with Crippen LogP contribution in [-0.2, 0) is 0 Å². The molecule has 0 spiro atoms. The van der Waals surface area contributed by atoms with Crippen molar-refractivity contribution >= 4 is 39.8 Å². The molecule has 0 radical (unpaired) electrons. The van der Waals surface area contributed by atoms with Crippen molar-refractivity contribution in [1.29, 1.82) is 0 Å². The molecule has 11 heteroatoms. The summed E-state index contributed by atoms with van der Waals surface area (Å²) in [6, 6.07) is 9.24. The highest BCUT2D eigenvalue weighted by molar-refractivity contribution is 7.17. The van der Waals surface area contributed by atoms with E-state index in [1.165, 1.54) is 11.3 Å². The fourth-order valence-corrected chi connectivity index (χ4v) is 4.80. The van der Waals surface area contributed by atoms with Gasteiger partial charge in [-0.25, -0.2) is 24.9 Å². The van der Waals surface area contributed by atoms with Crippen molar-refractivity contribution in [2.24, 2.45) is 5.92 Å². The molecule has 5 rings (SSSR count). The average Bonchev–Trinajstić information content (AvgIpc) is 3.37. The summed E-state index contributed by atoms with van der Waals surface area (Å²) in [6.07, 6.45) is 8.72. The number of nitrogens with zero attached hydrogens (tertiary/aromatic N) is 6. The van der Waals surface area contributed by atoms with E-state index in [2.05, 4.69) is 45.9 Å². The first-order valence-electron chi connectivity index (χ1n) is 12.0. The van der Waals surface area contributed by atoms with Gasteiger partial charge in [0.05, 0.1) is 11.1 Å². The predicted octanol–water partition coefficient (Wildman–Crippen LogP) is 4.54. The molecule has 0 aliphatic carbocycles. The number of piperidine rings is 1. The van der Waals surface area contributed by atoms with E-state index in [4.69, 9.17) is 0 Å². The summed E-state index contributed by atoms with van der Waals surface area (Å²) in [6.45, 7) is 4.02. The zero-order valence-electron chi connectivity index (χ0n) is 19.9. The van der Waals surface area contributed by atoms with Gasteiger partial charge in [-0.2, -0.15) is 4.98 Å². The molecule has 0 unspecified atom stereocenters. The van der Waals surface area contributed by atoms with Crippen LogP contribution >= 0.6 is 11.3 Å². The topological polar surface area (TPSA) is 130 Å². The van der Waals surface area contributed by atoms with Crippen LogP contribution in [0.25, 0.3) is 11.5 Å². The van der Waals surface area contributed by atoms with Crippen LogP contribution in [0.3, 0.4) is 0 Å². The van der Waals surface area contributed by atoms with Gasteiger partial charge in [-0.15, -0.1) is 0 Å². The lowest BCUT2D eigenvalue weighted by atomic mass is 9.92. The fourth-order valence-electron chi connectivity index (χ4n) is 4.02. The molecular weight excluding hydrogens is 474 g/mol. The second kappa shape index (κ2) is 11.3. The van der Waals surface area contributed by atoms with Crippen molar-refractivity contribution < 1.29 is 4.79 Å². The number of ketones is 1. The molecule has 184 valence electrons. The van der Waals surface area contributed by atoms with E-state index < -0.39 is 0 Å². The largest absolute Gasteiger partial charge is 0.325 e. The normalized spacial score (nSPS) is 13.9. The van der Waals surface area contributed by atoms with Gasteiger partial charge >= 0.3 is 0 Å². The number of pyridine rings is 1. The van der Waals surface area contributed by atoms with Crippen molar-refractivity contribution in [3.05, 3.63) is 59.5 Å². The Morgan fingerprint density at radius 3 is 2.64 bits per heavy atom. The van der Waals surface area contributed by atoms with Crippen LogP contribution in [0, 0.1) is 12.8 Å². The van der Waals surface area contributed by atoms with Gasteiger partial charge in [0.1, 0.15) is 17.3 Å². The summed E-state index contributed by atoms with van der Waals surface area (Å²) in [5.74, 6) is 2.81. The molecule has 0 atom stereocenters. The predicted molar refractivity (Wildman–Crippen MR) is 140 cm³/mol. The van der Waals surface area contributed by atoms with Gasteiger partial charge in [-0.05, 0) is 69.5 Å². The van der Waals surface area contributed by atoms with E-state index in [9.17, 15) is 4.79 Å². The van der Waals surface area contributed by atoms with Crippen molar-refractivity contribution in [3.8, 4) is 11.5 Å². The summed E-state index contributed by atoms with van der Waals surface area (Å²) in [5, 5.41) is 10.2. The second-order valence-electron chi connectivity index (χ2n) is 8.63. The van der Waals surface area contributed by atoms with E-state index in [1.807, 2.05) is 25.1 Å². The first-order chi connectivity index (χ1) is 17.6. The maximum Gasteiger partial charge on any atom is 0.230 e. The third-order valence-corrected chi connectivity index (χ3v) is 6.88. The third kappa shape index (κ3) is 6.23. The number of rotatable bonds is 9. The number of nitrogens with one attached hydrogen (secondary N) is 3. The van der Waals surface area contributed by atoms with E-state index in [0.717, 1.165) is 38.0 Å². The summed E-state index contributed by atoms with van der Waals surface area (Å²) < 4.78 is 0. The lowest BCUT2D eigenvalue weighted by molar-refractivity contribution is 0.0974.